The van der Waals surface area contributed by atoms with Gasteiger partial charge in [0.1, 0.15) is 11.5 Å². The molecule has 0 amide bonds. The summed E-state index contributed by atoms with van der Waals surface area (Å²) >= 11 is 5.54. The molecule has 0 spiro atoms. The Morgan fingerprint density at radius 2 is 2.17 bits per heavy atom. The Labute approximate surface area is 80.0 Å². The van der Waals surface area contributed by atoms with Gasteiger partial charge in [-0.1, -0.05) is 11.6 Å². The van der Waals surface area contributed by atoms with Crippen LogP contribution in [-0.4, -0.2) is 21.0 Å². The van der Waals surface area contributed by atoms with Crippen molar-refractivity contribution in [1.29, 1.82) is 0 Å². The van der Waals surface area contributed by atoms with Gasteiger partial charge in [0, 0.05) is 5.56 Å². The van der Waals surface area contributed by atoms with E-state index in [1.54, 1.807) is 6.92 Å². The van der Waals surface area contributed by atoms with Crippen LogP contribution in [0.4, 0.5) is 0 Å². The third-order valence-electron chi connectivity index (χ3n) is 1.23. The summed E-state index contributed by atoms with van der Waals surface area (Å²) in [5, 5.41) is 8.72. The van der Waals surface area contributed by atoms with Crippen LogP contribution >= 0.6 is 24.0 Å². The summed E-state index contributed by atoms with van der Waals surface area (Å²) in [7, 11) is 0. The number of hydrogen-bond donors (Lipinski definition) is 1. The van der Waals surface area contributed by atoms with Gasteiger partial charge in [0.05, 0.1) is 0 Å². The van der Waals surface area contributed by atoms with Crippen molar-refractivity contribution in [2.75, 3.05) is 0 Å². The molecule has 4 nitrogen and oxygen atoms in total. The number of aromatic carboxylic acids is 1. The Morgan fingerprint density at radius 3 is 2.58 bits per heavy atom. The fourth-order valence-electron chi connectivity index (χ4n) is 0.644. The van der Waals surface area contributed by atoms with Crippen LogP contribution in [0.3, 0.4) is 0 Å². The first-order valence-electron chi connectivity index (χ1n) is 2.83. The fraction of sp³-hybridized carbons (Fsp3) is 0.167. The quantitative estimate of drug-likeness (QED) is 0.712. The molecule has 0 saturated carbocycles. The highest BCUT2D eigenvalue weighted by atomic mass is 35.5. The molecular weight excluding hydrogens is 203 g/mol. The van der Waals surface area contributed by atoms with Crippen LogP contribution in [0.2, 0.25) is 5.15 Å². The van der Waals surface area contributed by atoms with Crippen LogP contribution in [0.25, 0.3) is 0 Å². The van der Waals surface area contributed by atoms with Gasteiger partial charge in [0.25, 0.3) is 0 Å². The third kappa shape index (κ3) is 2.06. The largest absolute Gasteiger partial charge is 0.476 e. The molecule has 0 atom stereocenters. The number of carboxylic acids is 1. The summed E-state index contributed by atoms with van der Waals surface area (Å²) in [5.41, 5.74) is 0.340. The maximum Gasteiger partial charge on any atom is 0.354 e. The van der Waals surface area contributed by atoms with E-state index < -0.39 is 5.97 Å². The van der Waals surface area contributed by atoms with E-state index in [4.69, 9.17) is 16.7 Å². The molecule has 1 heterocycles. The molecular formula is C6H6Cl2N2O2. The maximum absolute atomic E-state index is 10.4. The van der Waals surface area contributed by atoms with Crippen molar-refractivity contribution in [3.05, 3.63) is 22.7 Å². The lowest BCUT2D eigenvalue weighted by Gasteiger charge is -1.98. The highest BCUT2D eigenvalue weighted by Gasteiger charge is 2.10. The SMILES string of the molecule is Cc1c(Cl)ncnc1C(=O)O.Cl. The van der Waals surface area contributed by atoms with E-state index in [0.29, 0.717) is 5.56 Å². The Hall–Kier alpha value is -0.870. The van der Waals surface area contributed by atoms with E-state index in [2.05, 4.69) is 9.97 Å². The standard InChI is InChI=1S/C6H5ClN2O2.ClH/c1-3-4(6(10)11)8-2-9-5(3)7;/h2H,1H3,(H,10,11);1H. The molecule has 0 fully saturated rings. The van der Waals surface area contributed by atoms with E-state index in [9.17, 15) is 4.79 Å². The Balaban J connectivity index is 0.00000121. The normalized spacial score (nSPS) is 8.83. The molecule has 12 heavy (non-hydrogen) atoms. The van der Waals surface area contributed by atoms with Gasteiger partial charge in [-0.15, -0.1) is 12.4 Å². The van der Waals surface area contributed by atoms with E-state index >= 15 is 0 Å². The summed E-state index contributed by atoms with van der Waals surface area (Å²) in [6.45, 7) is 1.56. The predicted molar refractivity (Wildman–Crippen MR) is 46.0 cm³/mol. The molecule has 66 valence electrons. The molecule has 0 saturated heterocycles. The van der Waals surface area contributed by atoms with Crippen molar-refractivity contribution in [1.82, 2.24) is 9.97 Å². The van der Waals surface area contributed by atoms with Crippen LogP contribution < -0.4 is 0 Å². The molecule has 1 rings (SSSR count). The molecule has 0 aliphatic carbocycles. The molecule has 0 unspecified atom stereocenters. The minimum atomic E-state index is -1.09. The number of halogens is 2. The maximum atomic E-state index is 10.4. The zero-order valence-electron chi connectivity index (χ0n) is 6.11. The lowest BCUT2D eigenvalue weighted by atomic mass is 10.2. The smallest absolute Gasteiger partial charge is 0.354 e. The lowest BCUT2D eigenvalue weighted by Crippen LogP contribution is -2.04. The highest BCUT2D eigenvalue weighted by molar-refractivity contribution is 6.30. The topological polar surface area (TPSA) is 63.1 Å². The van der Waals surface area contributed by atoms with Crippen molar-refractivity contribution in [3.63, 3.8) is 0 Å². The number of carboxylic acid groups (broad SMARTS) is 1. The summed E-state index contributed by atoms with van der Waals surface area (Å²) in [5.74, 6) is -1.09. The van der Waals surface area contributed by atoms with Gasteiger partial charge in [-0.3, -0.25) is 0 Å². The van der Waals surface area contributed by atoms with Crippen LogP contribution in [-0.2, 0) is 0 Å². The zero-order valence-corrected chi connectivity index (χ0v) is 7.69. The van der Waals surface area contributed by atoms with Crippen molar-refractivity contribution in [2.45, 2.75) is 6.92 Å². The summed E-state index contributed by atoms with van der Waals surface area (Å²) < 4.78 is 0. The van der Waals surface area contributed by atoms with Crippen LogP contribution in [0, 0.1) is 6.92 Å². The van der Waals surface area contributed by atoms with Gasteiger partial charge in [-0.25, -0.2) is 14.8 Å². The number of aromatic nitrogens is 2. The lowest BCUT2D eigenvalue weighted by molar-refractivity contribution is 0.0689. The Morgan fingerprint density at radius 1 is 1.58 bits per heavy atom. The molecule has 1 N–H and O–H groups in total. The second kappa shape index (κ2) is 4.23. The number of rotatable bonds is 1. The van der Waals surface area contributed by atoms with E-state index in [1.807, 2.05) is 0 Å². The van der Waals surface area contributed by atoms with Crippen LogP contribution in [0.15, 0.2) is 6.33 Å². The van der Waals surface area contributed by atoms with Gasteiger partial charge in [0.2, 0.25) is 0 Å². The van der Waals surface area contributed by atoms with Gasteiger partial charge < -0.3 is 5.11 Å². The molecule has 0 aliphatic rings. The summed E-state index contributed by atoms with van der Waals surface area (Å²) in [6, 6.07) is 0. The number of nitrogens with zero attached hydrogens (tertiary/aromatic N) is 2. The Kier molecular flexibility index (Phi) is 3.92. The van der Waals surface area contributed by atoms with Crippen LogP contribution in [0.1, 0.15) is 16.1 Å². The first-order valence-corrected chi connectivity index (χ1v) is 3.21. The highest BCUT2D eigenvalue weighted by Crippen LogP contribution is 2.12. The molecule has 6 heteroatoms. The molecule has 0 aliphatic heterocycles. The first-order chi connectivity index (χ1) is 5.13. The van der Waals surface area contributed by atoms with Crippen molar-refractivity contribution >= 4 is 30.0 Å². The average molecular weight is 209 g/mol. The Bertz CT molecular complexity index is 304. The molecule has 0 bridgehead atoms. The van der Waals surface area contributed by atoms with Gasteiger partial charge in [-0.2, -0.15) is 0 Å². The van der Waals surface area contributed by atoms with E-state index in [-0.39, 0.29) is 23.3 Å². The second-order valence-electron chi connectivity index (χ2n) is 1.94. The molecule has 0 aromatic carbocycles. The number of hydrogen-bond acceptors (Lipinski definition) is 3. The molecule has 0 radical (unpaired) electrons. The monoisotopic (exact) mass is 208 g/mol. The minimum absolute atomic E-state index is 0. The van der Waals surface area contributed by atoms with Crippen molar-refractivity contribution in [3.8, 4) is 0 Å². The van der Waals surface area contributed by atoms with Crippen molar-refractivity contribution in [2.24, 2.45) is 0 Å². The third-order valence-corrected chi connectivity index (χ3v) is 1.61. The summed E-state index contributed by atoms with van der Waals surface area (Å²) in [4.78, 5) is 17.6. The van der Waals surface area contributed by atoms with Gasteiger partial charge in [0.15, 0.2) is 5.69 Å². The van der Waals surface area contributed by atoms with Gasteiger partial charge in [-0.05, 0) is 6.92 Å². The molecule has 1 aromatic rings. The average Bonchev–Trinajstić information content (AvgIpc) is 1.94. The zero-order chi connectivity index (χ0) is 8.43. The second-order valence-corrected chi connectivity index (χ2v) is 2.30. The number of carbonyl (C=O) groups is 1. The van der Waals surface area contributed by atoms with E-state index in [0.717, 1.165) is 6.33 Å². The predicted octanol–water partition coefficient (Wildman–Crippen LogP) is 1.56. The minimum Gasteiger partial charge on any atom is -0.476 e. The van der Waals surface area contributed by atoms with Gasteiger partial charge >= 0.3 is 5.97 Å². The van der Waals surface area contributed by atoms with Crippen LogP contribution in [0.5, 0.6) is 0 Å². The summed E-state index contributed by atoms with van der Waals surface area (Å²) in [6.07, 6.45) is 1.12. The first kappa shape index (κ1) is 11.1. The van der Waals surface area contributed by atoms with E-state index in [1.165, 1.54) is 0 Å². The molecule has 1 aromatic heterocycles. The van der Waals surface area contributed by atoms with Crippen molar-refractivity contribution < 1.29 is 9.90 Å². The fourth-order valence-corrected chi connectivity index (χ4v) is 0.777.